The molecule has 1 heterocycles. The van der Waals surface area contributed by atoms with E-state index in [-0.39, 0.29) is 24.3 Å². The van der Waals surface area contributed by atoms with Crippen molar-refractivity contribution in [2.45, 2.75) is 26.4 Å². The van der Waals surface area contributed by atoms with Gasteiger partial charge in [0.2, 0.25) is 17.6 Å². The van der Waals surface area contributed by atoms with Crippen LogP contribution in [-0.4, -0.2) is 35.0 Å². The number of halogens is 1. The van der Waals surface area contributed by atoms with Gasteiger partial charge in [0.05, 0.1) is 0 Å². The van der Waals surface area contributed by atoms with Crippen LogP contribution in [0.1, 0.15) is 31.7 Å². The summed E-state index contributed by atoms with van der Waals surface area (Å²) in [5, 5.41) is 3.97. The van der Waals surface area contributed by atoms with E-state index in [1.54, 1.807) is 14.1 Å². The van der Waals surface area contributed by atoms with Gasteiger partial charge in [0.15, 0.2) is 6.10 Å². The van der Waals surface area contributed by atoms with E-state index in [2.05, 4.69) is 26.1 Å². The molecule has 124 valence electrons. The topological polar surface area (TPSA) is 68.5 Å². The van der Waals surface area contributed by atoms with Crippen LogP contribution >= 0.6 is 15.9 Å². The molecule has 7 heteroatoms. The Morgan fingerprint density at radius 1 is 1.30 bits per heavy atom. The molecule has 0 aliphatic heterocycles. The van der Waals surface area contributed by atoms with Gasteiger partial charge < -0.3 is 14.2 Å². The number of nitrogens with zero attached hydrogens (tertiary/aromatic N) is 3. The largest absolute Gasteiger partial charge is 0.482 e. The van der Waals surface area contributed by atoms with E-state index in [1.165, 1.54) is 4.90 Å². The second-order valence-corrected chi connectivity index (χ2v) is 6.66. The summed E-state index contributed by atoms with van der Waals surface area (Å²) in [5.74, 6) is 1.53. The standard InChI is InChI=1S/C16H20BrN3O3/c1-10(2)15(22-12-7-5-11(17)6-8-12)16-18-13(23-19-16)9-14(21)20(3)4/h5-8,10,15H,9H2,1-4H3. The molecule has 0 N–H and O–H groups in total. The number of hydrogen-bond acceptors (Lipinski definition) is 5. The highest BCUT2D eigenvalue weighted by atomic mass is 79.9. The summed E-state index contributed by atoms with van der Waals surface area (Å²) in [6.07, 6.45) is -0.258. The predicted molar refractivity (Wildman–Crippen MR) is 89.0 cm³/mol. The van der Waals surface area contributed by atoms with Crippen LogP contribution in [0.4, 0.5) is 0 Å². The van der Waals surface area contributed by atoms with Crippen LogP contribution in [-0.2, 0) is 11.2 Å². The quantitative estimate of drug-likeness (QED) is 0.767. The van der Waals surface area contributed by atoms with Crippen LogP contribution in [0.3, 0.4) is 0 Å². The number of likely N-dealkylation sites (N-methyl/N-ethyl adjacent to an activating group) is 1. The minimum absolute atomic E-state index is 0.0864. The number of carbonyl (C=O) groups excluding carboxylic acids is 1. The normalized spacial score (nSPS) is 12.3. The molecule has 0 saturated carbocycles. The smallest absolute Gasteiger partial charge is 0.236 e. The number of ether oxygens (including phenoxy) is 1. The summed E-state index contributed by atoms with van der Waals surface area (Å²) >= 11 is 3.39. The number of benzene rings is 1. The second-order valence-electron chi connectivity index (χ2n) is 5.75. The van der Waals surface area contributed by atoms with E-state index in [4.69, 9.17) is 9.26 Å². The van der Waals surface area contributed by atoms with Gasteiger partial charge >= 0.3 is 0 Å². The van der Waals surface area contributed by atoms with E-state index in [0.717, 1.165) is 10.2 Å². The fourth-order valence-electron chi connectivity index (χ4n) is 1.89. The van der Waals surface area contributed by atoms with Crippen molar-refractivity contribution >= 4 is 21.8 Å². The van der Waals surface area contributed by atoms with Crippen molar-refractivity contribution in [3.05, 3.63) is 40.5 Å². The minimum Gasteiger partial charge on any atom is -0.482 e. The van der Waals surface area contributed by atoms with E-state index >= 15 is 0 Å². The first-order chi connectivity index (χ1) is 10.9. The monoisotopic (exact) mass is 381 g/mol. The average molecular weight is 382 g/mol. The Hall–Kier alpha value is -1.89. The first-order valence-electron chi connectivity index (χ1n) is 7.31. The molecule has 0 aliphatic carbocycles. The summed E-state index contributed by atoms with van der Waals surface area (Å²) < 4.78 is 12.1. The van der Waals surface area contributed by atoms with E-state index in [9.17, 15) is 4.79 Å². The van der Waals surface area contributed by atoms with Crippen LogP contribution in [0.2, 0.25) is 0 Å². The van der Waals surface area contributed by atoms with E-state index < -0.39 is 0 Å². The van der Waals surface area contributed by atoms with Gasteiger partial charge in [-0.2, -0.15) is 4.98 Å². The van der Waals surface area contributed by atoms with Gasteiger partial charge in [-0.05, 0) is 30.2 Å². The van der Waals surface area contributed by atoms with Crippen LogP contribution < -0.4 is 4.74 Å². The maximum Gasteiger partial charge on any atom is 0.236 e. The molecule has 2 rings (SSSR count). The molecule has 1 aromatic carbocycles. The van der Waals surface area contributed by atoms with Gasteiger partial charge in [0.25, 0.3) is 0 Å². The fourth-order valence-corrected chi connectivity index (χ4v) is 2.15. The molecule has 0 radical (unpaired) electrons. The van der Waals surface area contributed by atoms with Crippen molar-refractivity contribution < 1.29 is 14.1 Å². The highest BCUT2D eigenvalue weighted by Crippen LogP contribution is 2.27. The van der Waals surface area contributed by atoms with Crippen molar-refractivity contribution in [3.63, 3.8) is 0 Å². The van der Waals surface area contributed by atoms with Crippen LogP contribution in [0.5, 0.6) is 5.75 Å². The number of hydrogen-bond donors (Lipinski definition) is 0. The third-order valence-electron chi connectivity index (χ3n) is 3.22. The molecule has 0 fully saturated rings. The molecular weight excluding hydrogens is 362 g/mol. The molecule has 1 unspecified atom stereocenters. The minimum atomic E-state index is -0.344. The third kappa shape index (κ3) is 4.79. The zero-order valence-electron chi connectivity index (χ0n) is 13.6. The zero-order chi connectivity index (χ0) is 17.0. The highest BCUT2D eigenvalue weighted by Gasteiger charge is 2.24. The van der Waals surface area contributed by atoms with Gasteiger partial charge in [-0.25, -0.2) is 0 Å². The lowest BCUT2D eigenvalue weighted by molar-refractivity contribution is -0.128. The van der Waals surface area contributed by atoms with Crippen molar-refractivity contribution in [3.8, 4) is 5.75 Å². The van der Waals surface area contributed by atoms with Gasteiger partial charge in [0.1, 0.15) is 12.2 Å². The molecule has 0 spiro atoms. The lowest BCUT2D eigenvalue weighted by Crippen LogP contribution is -2.23. The molecular formula is C16H20BrN3O3. The molecule has 0 aliphatic rings. The Balaban J connectivity index is 2.13. The lowest BCUT2D eigenvalue weighted by Gasteiger charge is -2.19. The Bertz CT molecular complexity index is 653. The maximum absolute atomic E-state index is 11.7. The predicted octanol–water partition coefficient (Wildman–Crippen LogP) is 3.24. The van der Waals surface area contributed by atoms with Crippen molar-refractivity contribution in [2.75, 3.05) is 14.1 Å². The molecule has 1 atom stereocenters. The number of rotatable bonds is 6. The summed E-state index contributed by atoms with van der Waals surface area (Å²) in [5.41, 5.74) is 0. The molecule has 1 amide bonds. The SMILES string of the molecule is CC(C)C(Oc1ccc(Br)cc1)c1noc(CC(=O)N(C)C)n1. The van der Waals surface area contributed by atoms with Gasteiger partial charge in [-0.1, -0.05) is 34.9 Å². The van der Waals surface area contributed by atoms with Crippen LogP contribution in [0, 0.1) is 5.92 Å². The second kappa shape index (κ2) is 7.59. The van der Waals surface area contributed by atoms with Gasteiger partial charge in [-0.15, -0.1) is 0 Å². The summed E-state index contributed by atoms with van der Waals surface area (Å²) in [7, 11) is 3.38. The molecule has 0 bridgehead atoms. The summed E-state index contributed by atoms with van der Waals surface area (Å²) in [6.45, 7) is 4.04. The van der Waals surface area contributed by atoms with Crippen LogP contribution in [0.25, 0.3) is 0 Å². The Morgan fingerprint density at radius 2 is 1.96 bits per heavy atom. The summed E-state index contributed by atoms with van der Waals surface area (Å²) in [4.78, 5) is 17.5. The number of carbonyl (C=O) groups is 1. The highest BCUT2D eigenvalue weighted by molar-refractivity contribution is 9.10. The first kappa shape index (κ1) is 17.5. The fraction of sp³-hybridized carbons (Fsp3) is 0.438. The van der Waals surface area contributed by atoms with E-state index in [0.29, 0.717) is 11.7 Å². The molecule has 1 aromatic heterocycles. The molecule has 23 heavy (non-hydrogen) atoms. The van der Waals surface area contributed by atoms with Crippen molar-refractivity contribution in [1.29, 1.82) is 0 Å². The van der Waals surface area contributed by atoms with Gasteiger partial charge in [0, 0.05) is 18.6 Å². The average Bonchev–Trinajstić information content (AvgIpc) is 2.94. The number of aromatic nitrogens is 2. The maximum atomic E-state index is 11.7. The Labute approximate surface area is 143 Å². The number of amides is 1. The van der Waals surface area contributed by atoms with Crippen molar-refractivity contribution in [1.82, 2.24) is 15.0 Å². The third-order valence-corrected chi connectivity index (χ3v) is 3.75. The van der Waals surface area contributed by atoms with Gasteiger partial charge in [-0.3, -0.25) is 4.79 Å². The Kier molecular flexibility index (Phi) is 5.76. The lowest BCUT2D eigenvalue weighted by atomic mass is 10.1. The molecule has 0 saturated heterocycles. The van der Waals surface area contributed by atoms with E-state index in [1.807, 2.05) is 38.1 Å². The van der Waals surface area contributed by atoms with Crippen molar-refractivity contribution in [2.24, 2.45) is 5.92 Å². The molecule has 2 aromatic rings. The Morgan fingerprint density at radius 3 is 2.52 bits per heavy atom. The first-order valence-corrected chi connectivity index (χ1v) is 8.11. The van der Waals surface area contributed by atoms with Crippen LogP contribution in [0.15, 0.2) is 33.3 Å². The summed E-state index contributed by atoms with van der Waals surface area (Å²) in [6, 6.07) is 7.56. The zero-order valence-corrected chi connectivity index (χ0v) is 15.2. The molecule has 6 nitrogen and oxygen atoms in total.